The molecule has 4 heteroatoms. The van der Waals surface area contributed by atoms with Crippen molar-refractivity contribution in [2.24, 2.45) is 11.0 Å². The number of hydrazone groups is 1. The van der Waals surface area contributed by atoms with E-state index in [2.05, 4.69) is 10.5 Å². The molecule has 0 bridgehead atoms. The largest absolute Gasteiger partial charge is 0.355 e. The van der Waals surface area contributed by atoms with Crippen molar-refractivity contribution in [2.75, 3.05) is 6.54 Å². The fraction of sp³-hybridized carbons (Fsp3) is 0.833. The van der Waals surface area contributed by atoms with Crippen molar-refractivity contribution < 1.29 is 5.11 Å². The molecule has 2 N–H and O–H groups in total. The van der Waals surface area contributed by atoms with Crippen molar-refractivity contribution >= 4 is 6.34 Å². The van der Waals surface area contributed by atoms with Crippen LogP contribution in [0.1, 0.15) is 12.8 Å². The molecule has 1 fully saturated rings. The van der Waals surface area contributed by atoms with Gasteiger partial charge in [0.25, 0.3) is 0 Å². The summed E-state index contributed by atoms with van der Waals surface area (Å²) in [6.45, 7) is 0.942. The Morgan fingerprint density at radius 3 is 3.00 bits per heavy atom. The first-order chi connectivity index (χ1) is 4.86. The zero-order valence-corrected chi connectivity index (χ0v) is 5.70. The number of aliphatic hydroxyl groups excluding tert-OH is 1. The van der Waals surface area contributed by atoms with Gasteiger partial charge in [-0.25, -0.2) is 0 Å². The number of aliphatic hydroxyl groups is 1. The van der Waals surface area contributed by atoms with Crippen LogP contribution in [0.5, 0.6) is 0 Å². The normalized spacial score (nSPS) is 30.9. The monoisotopic (exact) mass is 141 g/mol. The highest BCUT2D eigenvalue weighted by Crippen LogP contribution is 2.29. The summed E-state index contributed by atoms with van der Waals surface area (Å²) in [5, 5.41) is 12.9. The van der Waals surface area contributed by atoms with E-state index in [1.165, 1.54) is 12.8 Å². The van der Waals surface area contributed by atoms with E-state index in [0.29, 0.717) is 0 Å². The van der Waals surface area contributed by atoms with Crippen molar-refractivity contribution in [3.63, 3.8) is 0 Å². The van der Waals surface area contributed by atoms with Gasteiger partial charge in [-0.2, -0.15) is 5.10 Å². The van der Waals surface area contributed by atoms with Crippen LogP contribution >= 0.6 is 0 Å². The third-order valence-electron chi connectivity index (χ3n) is 1.88. The average molecular weight is 141 g/mol. The Morgan fingerprint density at radius 1 is 1.70 bits per heavy atom. The molecule has 2 rings (SSSR count). The third-order valence-corrected chi connectivity index (χ3v) is 1.88. The summed E-state index contributed by atoms with van der Waals surface area (Å²) in [5.74, 6) is 0.793. The second-order valence-corrected chi connectivity index (χ2v) is 2.89. The van der Waals surface area contributed by atoms with E-state index >= 15 is 0 Å². The van der Waals surface area contributed by atoms with E-state index in [9.17, 15) is 0 Å². The zero-order valence-electron chi connectivity index (χ0n) is 5.70. The van der Waals surface area contributed by atoms with E-state index in [4.69, 9.17) is 5.11 Å². The molecule has 1 saturated carbocycles. The third kappa shape index (κ3) is 1.07. The summed E-state index contributed by atoms with van der Waals surface area (Å²) in [5.41, 5.74) is 2.55. The van der Waals surface area contributed by atoms with E-state index < -0.39 is 6.35 Å². The molecule has 0 aromatic rings. The van der Waals surface area contributed by atoms with Gasteiger partial charge in [0.05, 0.1) is 0 Å². The number of hydrogen-bond donors (Lipinski definition) is 2. The first-order valence-corrected chi connectivity index (χ1v) is 3.59. The van der Waals surface area contributed by atoms with Gasteiger partial charge in [-0.1, -0.05) is 0 Å². The first kappa shape index (κ1) is 5.97. The van der Waals surface area contributed by atoms with Gasteiger partial charge in [0.2, 0.25) is 6.35 Å². The highest BCUT2D eigenvalue weighted by Gasteiger charge is 2.27. The zero-order chi connectivity index (χ0) is 6.97. The van der Waals surface area contributed by atoms with Crippen LogP contribution in [0.15, 0.2) is 5.10 Å². The highest BCUT2D eigenvalue weighted by atomic mass is 16.3. The Morgan fingerprint density at radius 2 is 2.50 bits per heavy atom. The topological polar surface area (TPSA) is 47.9 Å². The van der Waals surface area contributed by atoms with Crippen LogP contribution in [0, 0.1) is 5.92 Å². The fourth-order valence-corrected chi connectivity index (χ4v) is 1.06. The van der Waals surface area contributed by atoms with E-state index in [1.54, 1.807) is 6.34 Å². The molecular weight excluding hydrogens is 130 g/mol. The minimum absolute atomic E-state index is 0.583. The van der Waals surface area contributed by atoms with Crippen LogP contribution in [-0.4, -0.2) is 29.2 Å². The van der Waals surface area contributed by atoms with Crippen LogP contribution in [0.3, 0.4) is 0 Å². The lowest BCUT2D eigenvalue weighted by molar-refractivity contribution is 0.0410. The quantitative estimate of drug-likeness (QED) is 0.546. The van der Waals surface area contributed by atoms with Crippen LogP contribution in [0.25, 0.3) is 0 Å². The maximum atomic E-state index is 9.16. The van der Waals surface area contributed by atoms with Gasteiger partial charge in [-0.15, -0.1) is 0 Å². The molecule has 0 aromatic carbocycles. The molecular formula is C6H11N3O. The molecule has 1 aliphatic carbocycles. The maximum Gasteiger partial charge on any atom is 0.221 e. The van der Waals surface area contributed by atoms with Crippen molar-refractivity contribution in [1.29, 1.82) is 0 Å². The van der Waals surface area contributed by atoms with Gasteiger partial charge in [-0.05, 0) is 18.8 Å². The SMILES string of the molecule is OC1NN=CN1CC1CC1. The second kappa shape index (κ2) is 2.12. The molecule has 1 atom stereocenters. The standard InChI is InChI=1S/C6H11N3O/c10-6-8-7-4-9(6)3-5-1-2-5/h4-6,8,10H,1-3H2. The predicted molar refractivity (Wildman–Crippen MR) is 37.1 cm³/mol. The minimum atomic E-state index is -0.583. The summed E-state index contributed by atoms with van der Waals surface area (Å²) >= 11 is 0. The van der Waals surface area contributed by atoms with E-state index in [-0.39, 0.29) is 0 Å². The molecule has 2 aliphatic rings. The van der Waals surface area contributed by atoms with Crippen molar-refractivity contribution in [3.8, 4) is 0 Å². The molecule has 1 aliphatic heterocycles. The minimum Gasteiger partial charge on any atom is -0.355 e. The van der Waals surface area contributed by atoms with Crippen LogP contribution < -0.4 is 5.43 Å². The van der Waals surface area contributed by atoms with Gasteiger partial charge >= 0.3 is 0 Å². The lowest BCUT2D eigenvalue weighted by Crippen LogP contribution is -2.37. The molecule has 56 valence electrons. The molecule has 0 amide bonds. The number of nitrogens with zero attached hydrogens (tertiary/aromatic N) is 2. The maximum absolute atomic E-state index is 9.16. The van der Waals surface area contributed by atoms with E-state index in [1.807, 2.05) is 4.90 Å². The lowest BCUT2D eigenvalue weighted by atomic mass is 10.4. The Labute approximate surface area is 59.5 Å². The van der Waals surface area contributed by atoms with Crippen LogP contribution in [-0.2, 0) is 0 Å². The molecule has 10 heavy (non-hydrogen) atoms. The molecule has 0 spiro atoms. The van der Waals surface area contributed by atoms with Crippen molar-refractivity contribution in [2.45, 2.75) is 19.2 Å². The van der Waals surface area contributed by atoms with Gasteiger partial charge < -0.3 is 10.0 Å². The van der Waals surface area contributed by atoms with Crippen molar-refractivity contribution in [1.82, 2.24) is 10.3 Å². The number of hydrogen-bond acceptors (Lipinski definition) is 4. The Bertz CT molecular complexity index is 155. The highest BCUT2D eigenvalue weighted by molar-refractivity contribution is 5.56. The second-order valence-electron chi connectivity index (χ2n) is 2.89. The van der Waals surface area contributed by atoms with Crippen LogP contribution in [0.4, 0.5) is 0 Å². The molecule has 0 saturated heterocycles. The Balaban J connectivity index is 1.84. The summed E-state index contributed by atoms with van der Waals surface area (Å²) < 4.78 is 0. The fourth-order valence-electron chi connectivity index (χ4n) is 1.06. The summed E-state index contributed by atoms with van der Waals surface area (Å²) in [7, 11) is 0. The van der Waals surface area contributed by atoms with E-state index in [0.717, 1.165) is 12.5 Å². The average Bonchev–Trinajstić information content (AvgIpc) is 2.62. The summed E-state index contributed by atoms with van der Waals surface area (Å²) in [4.78, 5) is 1.82. The summed E-state index contributed by atoms with van der Waals surface area (Å²) in [6, 6.07) is 0. The first-order valence-electron chi connectivity index (χ1n) is 3.59. The Kier molecular flexibility index (Phi) is 1.27. The van der Waals surface area contributed by atoms with Crippen LogP contribution in [0.2, 0.25) is 0 Å². The van der Waals surface area contributed by atoms with Gasteiger partial charge in [0, 0.05) is 6.54 Å². The lowest BCUT2D eigenvalue weighted by Gasteiger charge is -2.17. The molecule has 1 unspecified atom stereocenters. The Hall–Kier alpha value is -0.770. The summed E-state index contributed by atoms with van der Waals surface area (Å²) in [6.07, 6.45) is 3.68. The molecule has 1 heterocycles. The molecule has 0 aromatic heterocycles. The van der Waals surface area contributed by atoms with Gasteiger partial charge in [0.1, 0.15) is 6.34 Å². The number of nitrogens with one attached hydrogen (secondary N) is 1. The van der Waals surface area contributed by atoms with Crippen molar-refractivity contribution in [3.05, 3.63) is 0 Å². The molecule has 4 nitrogen and oxygen atoms in total. The number of rotatable bonds is 2. The van der Waals surface area contributed by atoms with Gasteiger partial charge in [0.15, 0.2) is 0 Å². The predicted octanol–water partition coefficient (Wildman–Crippen LogP) is -0.479. The van der Waals surface area contributed by atoms with Gasteiger partial charge in [-0.3, -0.25) is 5.43 Å². The molecule has 0 radical (unpaired) electrons. The smallest absolute Gasteiger partial charge is 0.221 e.